The zero-order valence-corrected chi connectivity index (χ0v) is 15.2. The van der Waals surface area contributed by atoms with Gasteiger partial charge in [-0.3, -0.25) is 9.59 Å². The van der Waals surface area contributed by atoms with Gasteiger partial charge in [0, 0.05) is 0 Å². The molecule has 4 atom stereocenters. The van der Waals surface area contributed by atoms with Gasteiger partial charge >= 0.3 is 11.9 Å². The molecule has 0 amide bonds. The lowest BCUT2D eigenvalue weighted by atomic mass is 9.81. The van der Waals surface area contributed by atoms with Crippen molar-refractivity contribution in [2.24, 2.45) is 11.8 Å². The van der Waals surface area contributed by atoms with Crippen LogP contribution in [-0.2, 0) is 19.1 Å². The summed E-state index contributed by atoms with van der Waals surface area (Å²) in [5.74, 6) is -2.52. The molecule has 0 spiro atoms. The number of aliphatic hydroxyl groups excluding tert-OH is 1. The third kappa shape index (κ3) is 3.80. The van der Waals surface area contributed by atoms with Crippen LogP contribution >= 0.6 is 0 Å². The minimum absolute atomic E-state index is 0.174. The molecule has 0 unspecified atom stereocenters. The monoisotopic (exact) mass is 370 g/mol. The lowest BCUT2D eigenvalue weighted by molar-refractivity contribution is -0.153. The minimum atomic E-state index is -1.17. The number of rotatable bonds is 6. The first-order valence-electron chi connectivity index (χ1n) is 8.81. The standard InChI is InChI=1S/C21H22O6/c1-3-26-20(23)17-16(18(22)13-7-5-4-6-8-13)21(24)27-19(17)14-9-11-15(25-2)12-10-14/h4-12,16-19,22H,3H2,1-2H3/t16-,17+,18-,19+/m1/s1. The zero-order valence-electron chi connectivity index (χ0n) is 15.2. The van der Waals surface area contributed by atoms with Gasteiger partial charge in [0.15, 0.2) is 0 Å². The van der Waals surface area contributed by atoms with Crippen LogP contribution in [0.15, 0.2) is 54.6 Å². The van der Waals surface area contributed by atoms with Gasteiger partial charge in [-0.15, -0.1) is 0 Å². The van der Waals surface area contributed by atoms with Crippen molar-refractivity contribution in [2.45, 2.75) is 19.1 Å². The molecule has 1 heterocycles. The molecule has 2 aromatic rings. The van der Waals surface area contributed by atoms with Gasteiger partial charge in [0.25, 0.3) is 0 Å². The SMILES string of the molecule is CCOC(=O)[C@H]1[C@H]([C@H](O)c2ccccc2)C(=O)O[C@H]1c1ccc(OC)cc1. The van der Waals surface area contributed by atoms with Crippen molar-refractivity contribution in [3.63, 3.8) is 0 Å². The van der Waals surface area contributed by atoms with Crippen molar-refractivity contribution < 1.29 is 28.9 Å². The molecule has 3 rings (SSSR count). The largest absolute Gasteiger partial charge is 0.497 e. The van der Waals surface area contributed by atoms with Gasteiger partial charge in [-0.25, -0.2) is 0 Å². The molecule has 0 saturated carbocycles. The third-order valence-corrected chi connectivity index (χ3v) is 4.71. The maximum atomic E-state index is 12.7. The van der Waals surface area contributed by atoms with Crippen LogP contribution in [0.2, 0.25) is 0 Å². The smallest absolute Gasteiger partial charge is 0.314 e. The Morgan fingerprint density at radius 2 is 1.81 bits per heavy atom. The summed E-state index contributed by atoms with van der Waals surface area (Å²) in [6.45, 7) is 1.87. The summed E-state index contributed by atoms with van der Waals surface area (Å²) in [4.78, 5) is 25.3. The second-order valence-electron chi connectivity index (χ2n) is 6.29. The Hall–Kier alpha value is -2.86. The second kappa shape index (κ2) is 8.22. The number of cyclic esters (lactones) is 1. The molecule has 0 aliphatic carbocycles. The third-order valence-electron chi connectivity index (χ3n) is 4.71. The number of carbonyl (C=O) groups is 2. The highest BCUT2D eigenvalue weighted by atomic mass is 16.6. The summed E-state index contributed by atoms with van der Waals surface area (Å²) in [5, 5.41) is 10.8. The first-order valence-corrected chi connectivity index (χ1v) is 8.81. The van der Waals surface area contributed by atoms with Crippen molar-refractivity contribution in [2.75, 3.05) is 13.7 Å². The van der Waals surface area contributed by atoms with Crippen LogP contribution in [0.25, 0.3) is 0 Å². The van der Waals surface area contributed by atoms with Crippen molar-refractivity contribution >= 4 is 11.9 Å². The van der Waals surface area contributed by atoms with E-state index in [1.807, 2.05) is 6.07 Å². The zero-order chi connectivity index (χ0) is 19.4. The lowest BCUT2D eigenvalue weighted by Gasteiger charge is -2.23. The van der Waals surface area contributed by atoms with E-state index in [1.165, 1.54) is 0 Å². The predicted molar refractivity (Wildman–Crippen MR) is 96.8 cm³/mol. The van der Waals surface area contributed by atoms with Gasteiger partial charge in [0.05, 0.1) is 19.8 Å². The Kier molecular flexibility index (Phi) is 5.76. The van der Waals surface area contributed by atoms with Gasteiger partial charge < -0.3 is 19.3 Å². The fourth-order valence-corrected chi connectivity index (χ4v) is 3.37. The van der Waals surface area contributed by atoms with Crippen LogP contribution in [-0.4, -0.2) is 30.8 Å². The Morgan fingerprint density at radius 3 is 2.41 bits per heavy atom. The van der Waals surface area contributed by atoms with Crippen molar-refractivity contribution in [3.05, 3.63) is 65.7 Å². The minimum Gasteiger partial charge on any atom is -0.497 e. The Balaban J connectivity index is 1.96. The van der Waals surface area contributed by atoms with Gasteiger partial charge in [-0.2, -0.15) is 0 Å². The van der Waals surface area contributed by atoms with Crippen LogP contribution in [0.4, 0.5) is 0 Å². The number of methoxy groups -OCH3 is 1. The van der Waals surface area contributed by atoms with Gasteiger partial charge in [0.2, 0.25) is 0 Å². The molecule has 6 heteroatoms. The molecule has 1 aliphatic heterocycles. The topological polar surface area (TPSA) is 82.1 Å². The summed E-state index contributed by atoms with van der Waals surface area (Å²) in [6, 6.07) is 15.7. The van der Waals surface area contributed by atoms with E-state index in [1.54, 1.807) is 62.6 Å². The molecule has 1 fully saturated rings. The van der Waals surface area contributed by atoms with Gasteiger partial charge in [-0.1, -0.05) is 42.5 Å². The number of benzene rings is 2. The molecule has 1 saturated heterocycles. The first-order chi connectivity index (χ1) is 13.1. The van der Waals surface area contributed by atoms with Crippen molar-refractivity contribution in [1.82, 2.24) is 0 Å². The van der Waals surface area contributed by atoms with Crippen LogP contribution in [0, 0.1) is 11.8 Å². The second-order valence-corrected chi connectivity index (χ2v) is 6.29. The lowest BCUT2D eigenvalue weighted by Crippen LogP contribution is -2.31. The molecule has 0 bridgehead atoms. The fourth-order valence-electron chi connectivity index (χ4n) is 3.37. The maximum absolute atomic E-state index is 12.7. The first kappa shape index (κ1) is 18.9. The van der Waals surface area contributed by atoms with Crippen LogP contribution in [0.1, 0.15) is 30.3 Å². The summed E-state index contributed by atoms with van der Waals surface area (Å²) in [5.41, 5.74) is 1.19. The molecular formula is C21H22O6. The highest BCUT2D eigenvalue weighted by Gasteiger charge is 2.53. The summed E-state index contributed by atoms with van der Waals surface area (Å²) < 4.78 is 15.8. The van der Waals surface area contributed by atoms with Crippen LogP contribution in [0.5, 0.6) is 5.75 Å². The van der Waals surface area contributed by atoms with Crippen molar-refractivity contribution in [1.29, 1.82) is 0 Å². The van der Waals surface area contributed by atoms with E-state index >= 15 is 0 Å². The highest BCUT2D eigenvalue weighted by Crippen LogP contribution is 2.45. The van der Waals surface area contributed by atoms with E-state index < -0.39 is 36.0 Å². The van der Waals surface area contributed by atoms with Gasteiger partial charge in [0.1, 0.15) is 23.7 Å². The molecule has 1 N–H and O–H groups in total. The van der Waals surface area contributed by atoms with E-state index in [2.05, 4.69) is 0 Å². The van der Waals surface area contributed by atoms with E-state index in [9.17, 15) is 14.7 Å². The average Bonchev–Trinajstić information content (AvgIpc) is 3.05. The molecule has 142 valence electrons. The molecule has 1 aliphatic rings. The van der Waals surface area contributed by atoms with E-state index in [4.69, 9.17) is 14.2 Å². The Bertz CT molecular complexity index is 786. The van der Waals surface area contributed by atoms with Gasteiger partial charge in [-0.05, 0) is 30.2 Å². The Morgan fingerprint density at radius 1 is 1.15 bits per heavy atom. The number of aliphatic hydroxyl groups is 1. The van der Waals surface area contributed by atoms with E-state index in [-0.39, 0.29) is 6.61 Å². The number of carbonyl (C=O) groups excluding carboxylic acids is 2. The predicted octanol–water partition coefficient (Wildman–Crippen LogP) is 2.82. The van der Waals surface area contributed by atoms with E-state index in [0.29, 0.717) is 16.9 Å². The molecule has 0 radical (unpaired) electrons. The number of esters is 2. The van der Waals surface area contributed by atoms with E-state index in [0.717, 1.165) is 0 Å². The summed E-state index contributed by atoms with van der Waals surface area (Å²) >= 11 is 0. The molecular weight excluding hydrogens is 348 g/mol. The quantitative estimate of drug-likeness (QED) is 0.788. The molecule has 27 heavy (non-hydrogen) atoms. The maximum Gasteiger partial charge on any atom is 0.314 e. The molecule has 2 aromatic carbocycles. The van der Waals surface area contributed by atoms with Crippen LogP contribution in [0.3, 0.4) is 0 Å². The average molecular weight is 370 g/mol. The highest BCUT2D eigenvalue weighted by molar-refractivity contribution is 5.86. The molecule has 6 nitrogen and oxygen atoms in total. The van der Waals surface area contributed by atoms with Crippen LogP contribution < -0.4 is 4.74 Å². The molecule has 0 aromatic heterocycles. The fraction of sp³-hybridized carbons (Fsp3) is 0.333. The van der Waals surface area contributed by atoms with Crippen molar-refractivity contribution in [3.8, 4) is 5.75 Å². The number of hydrogen-bond donors (Lipinski definition) is 1. The normalized spacial score (nSPS) is 22.8. The number of hydrogen-bond acceptors (Lipinski definition) is 6. The summed E-state index contributed by atoms with van der Waals surface area (Å²) in [7, 11) is 1.55. The number of ether oxygens (including phenoxy) is 3. The summed E-state index contributed by atoms with van der Waals surface area (Å²) in [6.07, 6.45) is -2.00. The Labute approximate surface area is 157 Å².